The summed E-state index contributed by atoms with van der Waals surface area (Å²) in [5.74, 6) is -2.80. The van der Waals surface area contributed by atoms with Crippen LogP contribution in [-0.2, 0) is 20.9 Å². The Hall–Kier alpha value is -1.92. The second-order valence-corrected chi connectivity index (χ2v) is 5.48. The van der Waals surface area contributed by atoms with E-state index < -0.39 is 17.8 Å². The molecule has 2 aliphatic heterocycles. The van der Waals surface area contributed by atoms with Crippen molar-refractivity contribution in [3.05, 3.63) is 29.8 Å². The third kappa shape index (κ3) is 2.41. The van der Waals surface area contributed by atoms with Crippen molar-refractivity contribution < 1.29 is 24.5 Å². The number of carboxylic acids is 1. The van der Waals surface area contributed by atoms with E-state index in [1.807, 2.05) is 0 Å². The van der Waals surface area contributed by atoms with Crippen molar-refractivity contribution in [2.24, 2.45) is 11.8 Å². The van der Waals surface area contributed by atoms with Crippen LogP contribution < -0.4 is 5.32 Å². The first-order chi connectivity index (χ1) is 10.1. The predicted octanol–water partition coefficient (Wildman–Crippen LogP) is 0.996. The van der Waals surface area contributed by atoms with Gasteiger partial charge in [-0.1, -0.05) is 18.2 Å². The number of hydrogen-bond donors (Lipinski definition) is 3. The second kappa shape index (κ2) is 5.46. The molecule has 2 unspecified atom stereocenters. The largest absolute Gasteiger partial charge is 0.481 e. The molecular formula is C15H17NO5. The first kappa shape index (κ1) is 14.0. The lowest BCUT2D eigenvalue weighted by Crippen LogP contribution is -2.41. The normalized spacial score (nSPS) is 30.3. The number of fused-ring (bicyclic) bond motifs is 2. The van der Waals surface area contributed by atoms with Gasteiger partial charge in [-0.15, -0.1) is 0 Å². The molecule has 2 heterocycles. The van der Waals surface area contributed by atoms with E-state index in [0.717, 1.165) is 0 Å². The summed E-state index contributed by atoms with van der Waals surface area (Å²) in [4.78, 5) is 23.8. The topological polar surface area (TPSA) is 95.9 Å². The van der Waals surface area contributed by atoms with E-state index in [-0.39, 0.29) is 24.7 Å². The molecule has 2 aliphatic rings. The molecule has 21 heavy (non-hydrogen) atoms. The Labute approximate surface area is 121 Å². The maximum Gasteiger partial charge on any atom is 0.310 e. The van der Waals surface area contributed by atoms with E-state index in [9.17, 15) is 19.8 Å². The molecule has 3 rings (SSSR count). The standard InChI is InChI=1S/C15H17NO5/c17-7-8-3-1-2-4-9(8)16-14(18)12-10-5-6-11(21-10)13(12)15(19)20/h1-4,10-13,17H,5-7H2,(H,16,18)(H,19,20)/t10-,11+,12?,13?/m0/s1. The zero-order valence-corrected chi connectivity index (χ0v) is 11.4. The number of hydrogen-bond acceptors (Lipinski definition) is 4. The molecule has 1 aromatic carbocycles. The van der Waals surface area contributed by atoms with Crippen molar-refractivity contribution in [3.8, 4) is 0 Å². The smallest absolute Gasteiger partial charge is 0.310 e. The van der Waals surface area contributed by atoms with Crippen molar-refractivity contribution in [1.82, 2.24) is 0 Å². The van der Waals surface area contributed by atoms with E-state index >= 15 is 0 Å². The van der Waals surface area contributed by atoms with Gasteiger partial charge in [-0.05, 0) is 18.9 Å². The van der Waals surface area contributed by atoms with Crippen LogP contribution in [0.5, 0.6) is 0 Å². The van der Waals surface area contributed by atoms with Crippen molar-refractivity contribution in [2.75, 3.05) is 5.32 Å². The second-order valence-electron chi connectivity index (χ2n) is 5.48. The molecule has 112 valence electrons. The minimum atomic E-state index is -0.988. The molecule has 0 radical (unpaired) electrons. The minimum Gasteiger partial charge on any atom is -0.481 e. The predicted molar refractivity (Wildman–Crippen MR) is 73.5 cm³/mol. The molecule has 0 aromatic heterocycles. The average molecular weight is 291 g/mol. The van der Waals surface area contributed by atoms with Gasteiger partial charge >= 0.3 is 5.97 Å². The highest BCUT2D eigenvalue weighted by Gasteiger charge is 2.55. The van der Waals surface area contributed by atoms with Gasteiger partial charge in [-0.3, -0.25) is 9.59 Å². The number of rotatable bonds is 4. The van der Waals surface area contributed by atoms with E-state index in [0.29, 0.717) is 24.1 Å². The Bertz CT molecular complexity index is 573. The summed E-state index contributed by atoms with van der Waals surface area (Å²) in [5, 5.41) is 21.3. The molecular weight excluding hydrogens is 274 g/mol. The number of carbonyl (C=O) groups is 2. The van der Waals surface area contributed by atoms with E-state index in [1.165, 1.54) is 0 Å². The van der Waals surface area contributed by atoms with Crippen molar-refractivity contribution in [3.63, 3.8) is 0 Å². The summed E-state index contributed by atoms with van der Waals surface area (Å²) in [6, 6.07) is 6.91. The van der Waals surface area contributed by atoms with Gasteiger partial charge in [-0.25, -0.2) is 0 Å². The molecule has 6 nitrogen and oxygen atoms in total. The SMILES string of the molecule is O=C(Nc1ccccc1CO)C1C(C(=O)O)[C@H]2CC[C@@H]1O2. The van der Waals surface area contributed by atoms with Crippen LogP contribution in [0.1, 0.15) is 18.4 Å². The van der Waals surface area contributed by atoms with Crippen LogP contribution in [0.3, 0.4) is 0 Å². The van der Waals surface area contributed by atoms with Gasteiger partial charge < -0.3 is 20.3 Å². The van der Waals surface area contributed by atoms with E-state index in [1.54, 1.807) is 24.3 Å². The molecule has 2 fully saturated rings. The first-order valence-electron chi connectivity index (χ1n) is 6.99. The number of aliphatic hydroxyl groups excluding tert-OH is 1. The average Bonchev–Trinajstić information content (AvgIpc) is 3.08. The fourth-order valence-electron chi connectivity index (χ4n) is 3.32. The number of nitrogens with one attached hydrogen (secondary N) is 1. The van der Waals surface area contributed by atoms with Crippen LogP contribution in [-0.4, -0.2) is 34.3 Å². The zero-order chi connectivity index (χ0) is 15.0. The number of amides is 1. The Kier molecular flexibility index (Phi) is 3.65. The zero-order valence-electron chi connectivity index (χ0n) is 11.4. The first-order valence-corrected chi connectivity index (χ1v) is 6.99. The Morgan fingerprint density at radius 3 is 2.52 bits per heavy atom. The lowest BCUT2D eigenvalue weighted by molar-refractivity contribution is -0.147. The van der Waals surface area contributed by atoms with Crippen molar-refractivity contribution in [2.45, 2.75) is 31.7 Å². The Morgan fingerprint density at radius 2 is 1.86 bits per heavy atom. The van der Waals surface area contributed by atoms with Gasteiger partial charge in [0, 0.05) is 11.3 Å². The fourth-order valence-corrected chi connectivity index (χ4v) is 3.32. The molecule has 2 saturated heterocycles. The minimum absolute atomic E-state index is 0.188. The summed E-state index contributed by atoms with van der Waals surface area (Å²) in [5.41, 5.74) is 1.11. The van der Waals surface area contributed by atoms with Crippen LogP contribution in [0.2, 0.25) is 0 Å². The van der Waals surface area contributed by atoms with Gasteiger partial charge in [0.1, 0.15) is 0 Å². The van der Waals surface area contributed by atoms with E-state index in [2.05, 4.69) is 5.32 Å². The summed E-state index contributed by atoms with van der Waals surface area (Å²) in [6.07, 6.45) is 0.723. The molecule has 0 aliphatic carbocycles. The molecule has 0 saturated carbocycles. The molecule has 3 N–H and O–H groups in total. The maximum atomic E-state index is 12.5. The fraction of sp³-hybridized carbons (Fsp3) is 0.467. The Morgan fingerprint density at radius 1 is 1.19 bits per heavy atom. The van der Waals surface area contributed by atoms with Gasteiger partial charge in [0.05, 0.1) is 30.7 Å². The van der Waals surface area contributed by atoms with Crippen LogP contribution in [0.15, 0.2) is 24.3 Å². The third-order valence-electron chi connectivity index (χ3n) is 4.31. The van der Waals surface area contributed by atoms with Crippen LogP contribution in [0.4, 0.5) is 5.69 Å². The number of para-hydroxylation sites is 1. The monoisotopic (exact) mass is 291 g/mol. The number of ether oxygens (including phenoxy) is 1. The van der Waals surface area contributed by atoms with Crippen molar-refractivity contribution >= 4 is 17.6 Å². The highest BCUT2D eigenvalue weighted by Crippen LogP contribution is 2.44. The van der Waals surface area contributed by atoms with Gasteiger partial charge in [0.25, 0.3) is 0 Å². The lowest BCUT2D eigenvalue weighted by atomic mass is 9.78. The van der Waals surface area contributed by atoms with Crippen LogP contribution >= 0.6 is 0 Å². The Balaban J connectivity index is 1.80. The maximum absolute atomic E-state index is 12.5. The number of aliphatic carboxylic acids is 1. The lowest BCUT2D eigenvalue weighted by Gasteiger charge is -2.24. The molecule has 4 atom stereocenters. The molecule has 0 spiro atoms. The van der Waals surface area contributed by atoms with Crippen LogP contribution in [0, 0.1) is 11.8 Å². The van der Waals surface area contributed by atoms with Crippen LogP contribution in [0.25, 0.3) is 0 Å². The highest BCUT2D eigenvalue weighted by atomic mass is 16.5. The summed E-state index contributed by atoms with van der Waals surface area (Å²) >= 11 is 0. The van der Waals surface area contributed by atoms with Crippen molar-refractivity contribution in [1.29, 1.82) is 0 Å². The van der Waals surface area contributed by atoms with Gasteiger partial charge in [0.2, 0.25) is 5.91 Å². The molecule has 1 aromatic rings. The number of benzene rings is 1. The molecule has 6 heteroatoms. The molecule has 1 amide bonds. The number of aliphatic hydroxyl groups is 1. The molecule has 2 bridgehead atoms. The number of carboxylic acid groups (broad SMARTS) is 1. The number of carbonyl (C=O) groups excluding carboxylic acids is 1. The summed E-state index contributed by atoms with van der Waals surface area (Å²) in [6.45, 7) is -0.188. The van der Waals surface area contributed by atoms with Gasteiger partial charge in [-0.2, -0.15) is 0 Å². The third-order valence-corrected chi connectivity index (χ3v) is 4.31. The van der Waals surface area contributed by atoms with E-state index in [4.69, 9.17) is 4.74 Å². The van der Waals surface area contributed by atoms with Gasteiger partial charge in [0.15, 0.2) is 0 Å². The number of anilines is 1. The highest BCUT2D eigenvalue weighted by molar-refractivity contribution is 5.96. The summed E-state index contributed by atoms with van der Waals surface area (Å²) < 4.78 is 5.58. The quantitative estimate of drug-likeness (QED) is 0.769. The summed E-state index contributed by atoms with van der Waals surface area (Å²) in [7, 11) is 0.